The summed E-state index contributed by atoms with van der Waals surface area (Å²) in [6.07, 6.45) is 2.39. The number of rotatable bonds is 1. The highest BCUT2D eigenvalue weighted by atomic mass is 35.5. The summed E-state index contributed by atoms with van der Waals surface area (Å²) in [4.78, 5) is 2.32. The molecule has 0 aliphatic carbocycles. The van der Waals surface area contributed by atoms with Crippen molar-refractivity contribution in [2.45, 2.75) is 32.2 Å². The Labute approximate surface area is 101 Å². The summed E-state index contributed by atoms with van der Waals surface area (Å²) in [6, 6.07) is 5.69. The van der Waals surface area contributed by atoms with Crippen molar-refractivity contribution in [2.24, 2.45) is 0 Å². The molecular formula is C12H15Cl2N. The Balaban J connectivity index is 2.45. The van der Waals surface area contributed by atoms with Crippen molar-refractivity contribution in [1.29, 1.82) is 0 Å². The second-order valence-electron chi connectivity index (χ2n) is 4.64. The average molecular weight is 244 g/mol. The van der Waals surface area contributed by atoms with Gasteiger partial charge in [0.15, 0.2) is 0 Å². The van der Waals surface area contributed by atoms with E-state index in [9.17, 15) is 0 Å². The molecule has 0 atom stereocenters. The minimum atomic E-state index is 0.161. The number of benzene rings is 1. The van der Waals surface area contributed by atoms with Gasteiger partial charge in [-0.2, -0.15) is 0 Å². The summed E-state index contributed by atoms with van der Waals surface area (Å²) in [5, 5.41) is 1.50. The molecule has 0 bridgehead atoms. The number of hydrogen-bond acceptors (Lipinski definition) is 1. The van der Waals surface area contributed by atoms with E-state index in [0.717, 1.165) is 22.3 Å². The van der Waals surface area contributed by atoms with Gasteiger partial charge in [0.25, 0.3) is 0 Å². The molecule has 1 aromatic carbocycles. The molecule has 2 rings (SSSR count). The Morgan fingerprint density at radius 2 is 1.80 bits per heavy atom. The van der Waals surface area contributed by atoms with Crippen molar-refractivity contribution in [3.63, 3.8) is 0 Å². The van der Waals surface area contributed by atoms with E-state index in [1.807, 2.05) is 18.2 Å². The van der Waals surface area contributed by atoms with Gasteiger partial charge in [0, 0.05) is 12.1 Å². The number of nitrogens with zero attached hydrogens (tertiary/aromatic N) is 1. The molecule has 0 unspecified atom stereocenters. The van der Waals surface area contributed by atoms with Gasteiger partial charge in [0.2, 0.25) is 0 Å². The molecule has 1 aliphatic heterocycles. The monoisotopic (exact) mass is 243 g/mol. The van der Waals surface area contributed by atoms with Crippen LogP contribution in [0.15, 0.2) is 18.2 Å². The maximum atomic E-state index is 6.21. The lowest BCUT2D eigenvalue weighted by Crippen LogP contribution is -2.38. The van der Waals surface area contributed by atoms with Crippen LogP contribution in [0.1, 0.15) is 26.7 Å². The second kappa shape index (κ2) is 3.88. The summed E-state index contributed by atoms with van der Waals surface area (Å²) in [5.74, 6) is 0. The normalized spacial score (nSPS) is 19.6. The molecule has 1 heterocycles. The van der Waals surface area contributed by atoms with Crippen LogP contribution < -0.4 is 4.90 Å². The van der Waals surface area contributed by atoms with Crippen molar-refractivity contribution < 1.29 is 0 Å². The van der Waals surface area contributed by atoms with Gasteiger partial charge in [-0.1, -0.05) is 29.3 Å². The summed E-state index contributed by atoms with van der Waals surface area (Å²) >= 11 is 12.4. The Kier molecular flexibility index (Phi) is 2.87. The van der Waals surface area contributed by atoms with Crippen molar-refractivity contribution >= 4 is 28.9 Å². The lowest BCUT2D eigenvalue weighted by Gasteiger charge is -2.34. The third kappa shape index (κ3) is 1.95. The number of hydrogen-bond donors (Lipinski definition) is 0. The molecule has 1 fully saturated rings. The van der Waals surface area contributed by atoms with Gasteiger partial charge in [-0.05, 0) is 38.8 Å². The van der Waals surface area contributed by atoms with E-state index in [1.54, 1.807) is 0 Å². The number of anilines is 1. The molecule has 0 aromatic heterocycles. The second-order valence-corrected chi connectivity index (χ2v) is 5.45. The maximum absolute atomic E-state index is 6.21. The van der Waals surface area contributed by atoms with Crippen molar-refractivity contribution in [1.82, 2.24) is 0 Å². The predicted octanol–water partition coefficient (Wildman–Crippen LogP) is 4.37. The Morgan fingerprint density at radius 3 is 2.27 bits per heavy atom. The van der Waals surface area contributed by atoms with E-state index in [0.29, 0.717) is 0 Å². The van der Waals surface area contributed by atoms with Crippen LogP contribution in [-0.4, -0.2) is 12.1 Å². The Bertz CT molecular complexity index is 354. The first-order chi connectivity index (χ1) is 7.02. The highest BCUT2D eigenvalue weighted by Gasteiger charge is 2.33. The van der Waals surface area contributed by atoms with E-state index in [4.69, 9.17) is 23.2 Å². The first-order valence-electron chi connectivity index (χ1n) is 5.24. The summed E-state index contributed by atoms with van der Waals surface area (Å²) in [5.41, 5.74) is 1.15. The molecule has 1 nitrogen and oxygen atoms in total. The zero-order valence-corrected chi connectivity index (χ0v) is 10.6. The van der Waals surface area contributed by atoms with E-state index < -0.39 is 0 Å². The number of halogens is 2. The van der Waals surface area contributed by atoms with Crippen LogP contribution in [-0.2, 0) is 0 Å². The summed E-state index contributed by atoms with van der Waals surface area (Å²) in [6.45, 7) is 5.51. The molecule has 0 spiro atoms. The molecule has 3 heteroatoms. The van der Waals surface area contributed by atoms with Gasteiger partial charge < -0.3 is 4.90 Å². The van der Waals surface area contributed by atoms with Gasteiger partial charge in [0.05, 0.1) is 15.7 Å². The van der Waals surface area contributed by atoms with Crippen LogP contribution in [0.3, 0.4) is 0 Å². The van der Waals surface area contributed by atoms with Crippen LogP contribution in [0.25, 0.3) is 0 Å². The molecule has 1 aliphatic rings. The lowest BCUT2D eigenvalue weighted by molar-refractivity contribution is 0.518. The minimum absolute atomic E-state index is 0.161. The molecule has 0 saturated carbocycles. The lowest BCUT2D eigenvalue weighted by atomic mass is 10.0. The van der Waals surface area contributed by atoms with Crippen molar-refractivity contribution in [2.75, 3.05) is 11.4 Å². The van der Waals surface area contributed by atoms with Gasteiger partial charge in [-0.3, -0.25) is 0 Å². The summed E-state index contributed by atoms with van der Waals surface area (Å²) in [7, 11) is 0. The van der Waals surface area contributed by atoms with E-state index in [2.05, 4.69) is 18.7 Å². The van der Waals surface area contributed by atoms with Gasteiger partial charge in [0.1, 0.15) is 0 Å². The standard InChI is InChI=1S/C12H15Cl2N/c1-12(2)7-4-8-15(12)11-9(13)5-3-6-10(11)14/h3,5-6H,4,7-8H2,1-2H3. The zero-order chi connectivity index (χ0) is 11.1. The maximum Gasteiger partial charge on any atom is 0.0749 e. The zero-order valence-electron chi connectivity index (χ0n) is 9.06. The molecule has 1 aromatic rings. The highest BCUT2D eigenvalue weighted by Crippen LogP contribution is 2.41. The third-order valence-electron chi connectivity index (χ3n) is 3.11. The molecule has 82 valence electrons. The molecule has 0 amide bonds. The van der Waals surface area contributed by atoms with E-state index >= 15 is 0 Å². The molecule has 1 saturated heterocycles. The van der Waals surface area contributed by atoms with Crippen LogP contribution >= 0.6 is 23.2 Å². The third-order valence-corrected chi connectivity index (χ3v) is 3.72. The van der Waals surface area contributed by atoms with Crippen LogP contribution in [0.5, 0.6) is 0 Å². The fourth-order valence-corrected chi connectivity index (χ4v) is 2.87. The van der Waals surface area contributed by atoms with E-state index in [-0.39, 0.29) is 5.54 Å². The van der Waals surface area contributed by atoms with Gasteiger partial charge in [-0.15, -0.1) is 0 Å². The highest BCUT2D eigenvalue weighted by molar-refractivity contribution is 6.39. The first-order valence-corrected chi connectivity index (χ1v) is 5.99. The fourth-order valence-electron chi connectivity index (χ4n) is 2.27. The van der Waals surface area contributed by atoms with E-state index in [1.165, 1.54) is 12.8 Å². The van der Waals surface area contributed by atoms with Crippen LogP contribution in [0.4, 0.5) is 5.69 Å². The first kappa shape index (κ1) is 11.1. The Morgan fingerprint density at radius 1 is 1.20 bits per heavy atom. The molecular weight excluding hydrogens is 229 g/mol. The van der Waals surface area contributed by atoms with Gasteiger partial charge >= 0.3 is 0 Å². The topological polar surface area (TPSA) is 3.24 Å². The van der Waals surface area contributed by atoms with Crippen LogP contribution in [0, 0.1) is 0 Å². The Hall–Kier alpha value is -0.400. The minimum Gasteiger partial charge on any atom is -0.364 e. The van der Waals surface area contributed by atoms with Crippen molar-refractivity contribution in [3.05, 3.63) is 28.2 Å². The number of para-hydroxylation sites is 1. The van der Waals surface area contributed by atoms with Crippen LogP contribution in [0.2, 0.25) is 10.0 Å². The predicted molar refractivity (Wildman–Crippen MR) is 67.1 cm³/mol. The smallest absolute Gasteiger partial charge is 0.0749 e. The van der Waals surface area contributed by atoms with Gasteiger partial charge in [-0.25, -0.2) is 0 Å². The molecule has 0 N–H and O–H groups in total. The van der Waals surface area contributed by atoms with Crippen molar-refractivity contribution in [3.8, 4) is 0 Å². The SMILES string of the molecule is CC1(C)CCCN1c1c(Cl)cccc1Cl. The average Bonchev–Trinajstić information content (AvgIpc) is 2.46. The molecule has 15 heavy (non-hydrogen) atoms. The quantitative estimate of drug-likeness (QED) is 0.708. The molecule has 0 radical (unpaired) electrons. The summed E-state index contributed by atoms with van der Waals surface area (Å²) < 4.78 is 0. The fraction of sp³-hybridized carbons (Fsp3) is 0.500. The largest absolute Gasteiger partial charge is 0.364 e.